The number of anilines is 1. The third-order valence-corrected chi connectivity index (χ3v) is 4.46. The summed E-state index contributed by atoms with van der Waals surface area (Å²) < 4.78 is 1.10. The molecule has 0 saturated heterocycles. The molecule has 1 amide bonds. The number of nitro benzene ring substituents is 1. The predicted octanol–water partition coefficient (Wildman–Crippen LogP) is 3.83. The van der Waals surface area contributed by atoms with Crippen molar-refractivity contribution in [3.05, 3.63) is 67.8 Å². The van der Waals surface area contributed by atoms with E-state index in [0.717, 1.165) is 14.8 Å². The molecule has 1 atom stereocenters. The van der Waals surface area contributed by atoms with Crippen LogP contribution in [0.5, 0.6) is 0 Å². The fourth-order valence-corrected chi connectivity index (χ4v) is 2.61. The van der Waals surface area contributed by atoms with E-state index < -0.39 is 4.92 Å². The van der Waals surface area contributed by atoms with Gasteiger partial charge in [0.25, 0.3) is 5.69 Å². The number of benzene rings is 2. The monoisotopic (exact) mass is 439 g/mol. The van der Waals surface area contributed by atoms with Gasteiger partial charge in [-0.05, 0) is 66.4 Å². The highest BCUT2D eigenvalue weighted by Gasteiger charge is 2.17. The number of carbonyl (C=O) groups excluding carboxylic acids is 1. The summed E-state index contributed by atoms with van der Waals surface area (Å²) in [5, 5.41) is 13.7. The Morgan fingerprint density at radius 1 is 1.29 bits per heavy atom. The average Bonchev–Trinajstić information content (AvgIpc) is 2.56. The number of nitrogens with zero attached hydrogens (tertiary/aromatic N) is 2. The van der Waals surface area contributed by atoms with Gasteiger partial charge in [-0.1, -0.05) is 12.1 Å². The van der Waals surface area contributed by atoms with Gasteiger partial charge in [0.05, 0.1) is 11.5 Å². The van der Waals surface area contributed by atoms with Gasteiger partial charge in [-0.25, -0.2) is 0 Å². The first-order chi connectivity index (χ1) is 11.4. The van der Waals surface area contributed by atoms with Crippen molar-refractivity contribution < 1.29 is 9.72 Å². The zero-order valence-corrected chi connectivity index (χ0v) is 15.6. The molecule has 0 heterocycles. The maximum Gasteiger partial charge on any atom is 0.269 e. The molecule has 0 aliphatic rings. The van der Waals surface area contributed by atoms with Crippen LogP contribution in [0.1, 0.15) is 18.5 Å². The average molecular weight is 439 g/mol. The van der Waals surface area contributed by atoms with Crippen LogP contribution in [0.15, 0.2) is 48.5 Å². The van der Waals surface area contributed by atoms with E-state index in [1.165, 1.54) is 12.1 Å². The minimum absolute atomic E-state index is 0.0519. The van der Waals surface area contributed by atoms with Crippen molar-refractivity contribution >= 4 is 39.9 Å². The van der Waals surface area contributed by atoms with Crippen molar-refractivity contribution in [3.8, 4) is 0 Å². The Morgan fingerprint density at radius 3 is 2.58 bits per heavy atom. The normalized spacial score (nSPS) is 12.0. The molecule has 1 N–H and O–H groups in total. The number of nitrogens with one attached hydrogen (secondary N) is 1. The summed E-state index contributed by atoms with van der Waals surface area (Å²) in [6.07, 6.45) is 0. The van der Waals surface area contributed by atoms with E-state index in [1.807, 2.05) is 49.2 Å². The SMILES string of the molecule is CC(c1cccc([N+](=O)[O-])c1)N(C)CC(=O)Nc1ccc(I)cc1. The highest BCUT2D eigenvalue weighted by Crippen LogP contribution is 2.22. The van der Waals surface area contributed by atoms with Crippen LogP contribution in [-0.4, -0.2) is 29.3 Å². The van der Waals surface area contributed by atoms with Crippen LogP contribution in [0.4, 0.5) is 11.4 Å². The van der Waals surface area contributed by atoms with E-state index in [4.69, 9.17) is 0 Å². The summed E-state index contributed by atoms with van der Waals surface area (Å²) in [6.45, 7) is 2.10. The van der Waals surface area contributed by atoms with E-state index in [9.17, 15) is 14.9 Å². The second-order valence-electron chi connectivity index (χ2n) is 5.50. The van der Waals surface area contributed by atoms with Crippen LogP contribution in [-0.2, 0) is 4.79 Å². The van der Waals surface area contributed by atoms with Crippen molar-refractivity contribution in [3.63, 3.8) is 0 Å². The topological polar surface area (TPSA) is 75.5 Å². The van der Waals surface area contributed by atoms with Crippen molar-refractivity contribution in [1.29, 1.82) is 0 Å². The molecule has 0 bridgehead atoms. The molecule has 0 aromatic heterocycles. The van der Waals surface area contributed by atoms with Crippen LogP contribution < -0.4 is 5.32 Å². The summed E-state index contributed by atoms with van der Waals surface area (Å²) >= 11 is 2.20. The third kappa shape index (κ3) is 5.00. The van der Waals surface area contributed by atoms with Crippen molar-refractivity contribution in [1.82, 2.24) is 4.90 Å². The highest BCUT2D eigenvalue weighted by atomic mass is 127. The smallest absolute Gasteiger partial charge is 0.269 e. The summed E-state index contributed by atoms with van der Waals surface area (Å²) in [5.74, 6) is -0.129. The molecule has 0 saturated carbocycles. The van der Waals surface area contributed by atoms with Gasteiger partial charge in [-0.15, -0.1) is 0 Å². The minimum atomic E-state index is -0.417. The number of nitro groups is 1. The van der Waals surface area contributed by atoms with Gasteiger partial charge >= 0.3 is 0 Å². The molecular formula is C17H18IN3O3. The molecule has 7 heteroatoms. The lowest BCUT2D eigenvalue weighted by atomic mass is 10.1. The molecule has 2 rings (SSSR count). The Labute approximate surface area is 154 Å². The predicted molar refractivity (Wildman–Crippen MR) is 102 cm³/mol. The summed E-state index contributed by atoms with van der Waals surface area (Å²) in [7, 11) is 1.82. The molecule has 0 fully saturated rings. The number of halogens is 1. The van der Waals surface area contributed by atoms with Gasteiger partial charge in [0.2, 0.25) is 5.91 Å². The standard InChI is InChI=1S/C17H18IN3O3/c1-12(13-4-3-5-16(10-13)21(23)24)20(2)11-17(22)19-15-8-6-14(18)7-9-15/h3-10,12H,11H2,1-2H3,(H,19,22). The number of likely N-dealkylation sites (N-methyl/N-ethyl adjacent to an activating group) is 1. The number of amides is 1. The lowest BCUT2D eigenvalue weighted by molar-refractivity contribution is -0.384. The molecule has 0 radical (unpaired) electrons. The maximum absolute atomic E-state index is 12.2. The van der Waals surface area contributed by atoms with E-state index in [0.29, 0.717) is 0 Å². The van der Waals surface area contributed by atoms with Gasteiger partial charge < -0.3 is 5.32 Å². The molecule has 2 aromatic rings. The quantitative estimate of drug-likeness (QED) is 0.422. The molecule has 126 valence electrons. The summed E-state index contributed by atoms with van der Waals surface area (Å²) in [6, 6.07) is 13.9. The molecule has 0 aliphatic heterocycles. The van der Waals surface area contributed by atoms with Crippen LogP contribution in [0, 0.1) is 13.7 Å². The summed E-state index contributed by atoms with van der Waals surface area (Å²) in [4.78, 5) is 24.5. The van der Waals surface area contributed by atoms with E-state index in [-0.39, 0.29) is 24.2 Å². The van der Waals surface area contributed by atoms with Crippen molar-refractivity contribution in [2.75, 3.05) is 18.9 Å². The molecular weight excluding hydrogens is 421 g/mol. The van der Waals surface area contributed by atoms with E-state index >= 15 is 0 Å². The molecule has 0 aliphatic carbocycles. The highest BCUT2D eigenvalue weighted by molar-refractivity contribution is 14.1. The van der Waals surface area contributed by atoms with Crippen LogP contribution in [0.3, 0.4) is 0 Å². The Kier molecular flexibility index (Phi) is 6.27. The first-order valence-electron chi connectivity index (χ1n) is 7.37. The second-order valence-corrected chi connectivity index (χ2v) is 6.74. The molecule has 2 aromatic carbocycles. The molecule has 0 spiro atoms. The van der Waals surface area contributed by atoms with Crippen LogP contribution in [0.25, 0.3) is 0 Å². The zero-order chi connectivity index (χ0) is 17.7. The lowest BCUT2D eigenvalue weighted by Crippen LogP contribution is -2.32. The maximum atomic E-state index is 12.2. The molecule has 1 unspecified atom stereocenters. The number of non-ortho nitro benzene ring substituents is 1. The second kappa shape index (κ2) is 8.20. The minimum Gasteiger partial charge on any atom is -0.325 e. The largest absolute Gasteiger partial charge is 0.325 e. The lowest BCUT2D eigenvalue weighted by Gasteiger charge is -2.24. The fraction of sp³-hybridized carbons (Fsp3) is 0.235. The first kappa shape index (κ1) is 18.3. The first-order valence-corrected chi connectivity index (χ1v) is 8.44. The van der Waals surface area contributed by atoms with Crippen molar-refractivity contribution in [2.24, 2.45) is 0 Å². The number of carbonyl (C=O) groups is 1. The Morgan fingerprint density at radius 2 is 1.96 bits per heavy atom. The zero-order valence-electron chi connectivity index (χ0n) is 13.4. The van der Waals surface area contributed by atoms with Gasteiger partial charge in [0.15, 0.2) is 0 Å². The van der Waals surface area contributed by atoms with Crippen LogP contribution in [0.2, 0.25) is 0 Å². The summed E-state index contributed by atoms with van der Waals surface area (Å²) in [5.41, 5.74) is 1.60. The number of rotatable bonds is 6. The van der Waals surface area contributed by atoms with E-state index in [2.05, 4.69) is 27.9 Å². The number of hydrogen-bond acceptors (Lipinski definition) is 4. The van der Waals surface area contributed by atoms with Gasteiger partial charge in [0, 0.05) is 27.4 Å². The Bertz CT molecular complexity index is 734. The Hall–Kier alpha value is -2.00. The molecule has 24 heavy (non-hydrogen) atoms. The third-order valence-electron chi connectivity index (χ3n) is 3.75. The van der Waals surface area contributed by atoms with Gasteiger partial charge in [-0.2, -0.15) is 0 Å². The molecule has 6 nitrogen and oxygen atoms in total. The van der Waals surface area contributed by atoms with Crippen molar-refractivity contribution in [2.45, 2.75) is 13.0 Å². The van der Waals surface area contributed by atoms with Gasteiger partial charge in [-0.3, -0.25) is 19.8 Å². The van der Waals surface area contributed by atoms with Gasteiger partial charge in [0.1, 0.15) is 0 Å². The fourth-order valence-electron chi connectivity index (χ4n) is 2.25. The number of hydrogen-bond donors (Lipinski definition) is 1. The van der Waals surface area contributed by atoms with E-state index in [1.54, 1.807) is 6.07 Å². The van der Waals surface area contributed by atoms with Crippen LogP contribution >= 0.6 is 22.6 Å². The Balaban J connectivity index is 1.99.